The van der Waals surface area contributed by atoms with Crippen LogP contribution in [0.4, 0.5) is 0 Å². The third-order valence-electron chi connectivity index (χ3n) is 3.79. The topological polar surface area (TPSA) is 87.9 Å². The Morgan fingerprint density at radius 3 is 1.96 bits per heavy atom. The van der Waals surface area contributed by atoms with E-state index >= 15 is 0 Å². The molecule has 6 nitrogen and oxygen atoms in total. The predicted molar refractivity (Wildman–Crippen MR) is 109 cm³/mol. The van der Waals surface area contributed by atoms with Crippen molar-refractivity contribution in [3.05, 3.63) is 29.8 Å². The van der Waals surface area contributed by atoms with Crippen molar-refractivity contribution in [3.8, 4) is 5.75 Å². The lowest BCUT2D eigenvalue weighted by molar-refractivity contribution is -0.171. The van der Waals surface area contributed by atoms with Gasteiger partial charge in [0.25, 0.3) is 0 Å². The van der Waals surface area contributed by atoms with Crippen LogP contribution in [-0.2, 0) is 25.5 Å². The Morgan fingerprint density at radius 2 is 1.50 bits per heavy atom. The minimum absolute atomic E-state index is 0.140. The molecule has 1 aromatic rings. The Kier molecular flexibility index (Phi) is 8.05. The maximum Gasteiger partial charge on any atom is 0.338 e. The molecule has 0 bridgehead atoms. The van der Waals surface area contributed by atoms with Crippen LogP contribution in [-0.4, -0.2) is 35.3 Å². The van der Waals surface area contributed by atoms with Crippen LogP contribution in [0.2, 0.25) is 0 Å². The number of esters is 2. The van der Waals surface area contributed by atoms with Gasteiger partial charge in [-0.25, -0.2) is 9.59 Å². The zero-order valence-electron chi connectivity index (χ0n) is 18.3. The van der Waals surface area contributed by atoms with Crippen LogP contribution in [0.1, 0.15) is 66.9 Å². The van der Waals surface area contributed by atoms with E-state index in [1.54, 1.807) is 27.7 Å². The molecule has 0 radical (unpaired) electrons. The minimum Gasteiger partial charge on any atom is -0.488 e. The smallest absolute Gasteiger partial charge is 0.338 e. The van der Waals surface area contributed by atoms with Crippen molar-refractivity contribution in [1.29, 1.82) is 0 Å². The fourth-order valence-electron chi connectivity index (χ4n) is 2.57. The first kappa shape index (κ1) is 24.0. The molecule has 0 amide bonds. The third-order valence-corrected chi connectivity index (χ3v) is 3.79. The third kappa shape index (κ3) is 7.89. The molecule has 0 aliphatic rings. The van der Waals surface area contributed by atoms with Crippen LogP contribution in [0, 0.1) is 0 Å². The van der Waals surface area contributed by atoms with Crippen molar-refractivity contribution >= 4 is 11.9 Å². The number of hydrogen-bond acceptors (Lipinski definition) is 6. The summed E-state index contributed by atoms with van der Waals surface area (Å²) < 4.78 is 16.2. The molecule has 0 heterocycles. The number of carbonyl (C=O) groups excluding carboxylic acids is 2. The van der Waals surface area contributed by atoms with Crippen molar-refractivity contribution in [2.24, 2.45) is 5.73 Å². The summed E-state index contributed by atoms with van der Waals surface area (Å²) in [6.07, 6.45) is 1.34. The molecule has 0 saturated carbocycles. The van der Waals surface area contributed by atoms with Gasteiger partial charge in [0.05, 0.1) is 6.61 Å². The first-order valence-corrected chi connectivity index (χ1v) is 9.74. The van der Waals surface area contributed by atoms with Crippen LogP contribution < -0.4 is 10.5 Å². The second-order valence-electron chi connectivity index (χ2n) is 8.91. The van der Waals surface area contributed by atoms with Crippen molar-refractivity contribution < 1.29 is 23.8 Å². The molecule has 0 fully saturated rings. The lowest BCUT2D eigenvalue weighted by Gasteiger charge is -2.29. The normalized spacial score (nSPS) is 14.1. The van der Waals surface area contributed by atoms with Crippen molar-refractivity contribution in [3.63, 3.8) is 0 Å². The Labute approximate surface area is 168 Å². The van der Waals surface area contributed by atoms with Crippen LogP contribution in [0.5, 0.6) is 5.75 Å². The lowest BCUT2D eigenvalue weighted by Crippen LogP contribution is -2.58. The van der Waals surface area contributed by atoms with Gasteiger partial charge in [0, 0.05) is 0 Å². The lowest BCUT2D eigenvalue weighted by atomic mass is 9.92. The van der Waals surface area contributed by atoms with E-state index in [1.165, 1.54) is 0 Å². The Morgan fingerprint density at radius 1 is 0.929 bits per heavy atom. The minimum atomic E-state index is -1.81. The fraction of sp³-hybridized carbons (Fsp3) is 0.636. The molecular weight excluding hydrogens is 358 g/mol. The summed E-state index contributed by atoms with van der Waals surface area (Å²) in [5.41, 5.74) is 4.43. The molecule has 0 aliphatic carbocycles. The standard InChI is InChI=1S/C22H35NO5/c1-8-26-18(24)22(23,19(25)28-21(5,6)7)15-9-10-16-11-13-17(14-12-16)27-20(2,3)4/h11-14H,8-10,15,23H2,1-7H3. The summed E-state index contributed by atoms with van der Waals surface area (Å²) in [4.78, 5) is 24.9. The molecule has 0 spiro atoms. The molecule has 28 heavy (non-hydrogen) atoms. The number of rotatable bonds is 8. The van der Waals surface area contributed by atoms with E-state index in [-0.39, 0.29) is 18.6 Å². The summed E-state index contributed by atoms with van der Waals surface area (Å²) in [7, 11) is 0. The quantitative estimate of drug-likeness (QED) is 0.534. The number of benzene rings is 1. The summed E-state index contributed by atoms with van der Waals surface area (Å²) in [5.74, 6) is -0.713. The second-order valence-corrected chi connectivity index (χ2v) is 8.91. The molecule has 0 aromatic heterocycles. The number of carbonyl (C=O) groups is 2. The molecule has 6 heteroatoms. The Bertz CT molecular complexity index is 655. The van der Waals surface area contributed by atoms with Gasteiger partial charge in [-0.1, -0.05) is 12.1 Å². The van der Waals surface area contributed by atoms with E-state index in [9.17, 15) is 9.59 Å². The van der Waals surface area contributed by atoms with Crippen molar-refractivity contribution in [2.75, 3.05) is 6.61 Å². The first-order chi connectivity index (χ1) is 12.8. The highest BCUT2D eigenvalue weighted by atomic mass is 16.6. The van der Waals surface area contributed by atoms with Gasteiger partial charge >= 0.3 is 11.9 Å². The van der Waals surface area contributed by atoms with Crippen molar-refractivity contribution in [1.82, 2.24) is 0 Å². The van der Waals surface area contributed by atoms with Gasteiger partial charge in [-0.2, -0.15) is 0 Å². The fourth-order valence-corrected chi connectivity index (χ4v) is 2.57. The zero-order chi connectivity index (χ0) is 21.6. The van der Waals surface area contributed by atoms with Gasteiger partial charge in [0.15, 0.2) is 0 Å². The molecule has 1 atom stereocenters. The monoisotopic (exact) mass is 393 g/mol. The Hall–Kier alpha value is -2.08. The number of ether oxygens (including phenoxy) is 3. The van der Waals surface area contributed by atoms with Crippen molar-refractivity contribution in [2.45, 2.75) is 84.5 Å². The predicted octanol–water partition coefficient (Wildman–Crippen LogP) is 3.79. The highest BCUT2D eigenvalue weighted by molar-refractivity contribution is 6.04. The molecule has 2 N–H and O–H groups in total. The number of aryl methyl sites for hydroxylation is 1. The summed E-state index contributed by atoms with van der Waals surface area (Å²) >= 11 is 0. The molecule has 1 aromatic carbocycles. The number of hydrogen-bond donors (Lipinski definition) is 1. The maximum absolute atomic E-state index is 12.6. The van der Waals surface area contributed by atoms with Crippen LogP contribution in [0.25, 0.3) is 0 Å². The van der Waals surface area contributed by atoms with Gasteiger partial charge in [-0.3, -0.25) is 0 Å². The number of nitrogens with two attached hydrogens (primary N) is 1. The van der Waals surface area contributed by atoms with E-state index in [0.717, 1.165) is 11.3 Å². The van der Waals surface area contributed by atoms with E-state index in [0.29, 0.717) is 12.8 Å². The van der Waals surface area contributed by atoms with Gasteiger partial charge in [-0.05, 0) is 85.4 Å². The zero-order valence-corrected chi connectivity index (χ0v) is 18.3. The van der Waals surface area contributed by atoms with Gasteiger partial charge in [0.1, 0.15) is 17.0 Å². The van der Waals surface area contributed by atoms with Gasteiger partial charge in [-0.15, -0.1) is 0 Å². The highest BCUT2D eigenvalue weighted by Gasteiger charge is 2.46. The first-order valence-electron chi connectivity index (χ1n) is 9.74. The summed E-state index contributed by atoms with van der Waals surface area (Å²) in [6.45, 7) is 13.0. The summed E-state index contributed by atoms with van der Waals surface area (Å²) in [6, 6.07) is 7.76. The van der Waals surface area contributed by atoms with Crippen LogP contribution in [0.3, 0.4) is 0 Å². The average Bonchev–Trinajstić information content (AvgIpc) is 2.53. The van der Waals surface area contributed by atoms with E-state index in [1.807, 2.05) is 45.0 Å². The summed E-state index contributed by atoms with van der Waals surface area (Å²) in [5, 5.41) is 0. The molecule has 0 saturated heterocycles. The van der Waals surface area contributed by atoms with E-state index in [2.05, 4.69) is 0 Å². The molecule has 1 rings (SSSR count). The van der Waals surface area contributed by atoms with Crippen LogP contribution >= 0.6 is 0 Å². The van der Waals surface area contributed by atoms with Crippen LogP contribution in [0.15, 0.2) is 24.3 Å². The largest absolute Gasteiger partial charge is 0.488 e. The molecule has 0 aliphatic heterocycles. The molecule has 1 unspecified atom stereocenters. The van der Waals surface area contributed by atoms with E-state index in [4.69, 9.17) is 19.9 Å². The Balaban J connectivity index is 2.77. The SMILES string of the molecule is CCOC(=O)C(N)(CCCc1ccc(OC(C)(C)C)cc1)C(=O)OC(C)(C)C. The van der Waals surface area contributed by atoms with Gasteiger partial charge < -0.3 is 19.9 Å². The average molecular weight is 394 g/mol. The maximum atomic E-state index is 12.6. The highest BCUT2D eigenvalue weighted by Crippen LogP contribution is 2.22. The second kappa shape index (κ2) is 9.41. The van der Waals surface area contributed by atoms with E-state index < -0.39 is 23.1 Å². The van der Waals surface area contributed by atoms with Gasteiger partial charge in [0.2, 0.25) is 5.54 Å². The molecule has 158 valence electrons. The molecular formula is C22H35NO5.